The molecule has 0 saturated carbocycles. The first-order chi connectivity index (χ1) is 12.5. The van der Waals surface area contributed by atoms with E-state index in [4.69, 9.17) is 11.6 Å². The molecular weight excluding hydrogens is 348 g/mol. The lowest BCUT2D eigenvalue weighted by atomic mass is 10.1. The van der Waals surface area contributed by atoms with Gasteiger partial charge in [0.2, 0.25) is 5.95 Å². The van der Waals surface area contributed by atoms with E-state index in [2.05, 4.69) is 20.6 Å². The Morgan fingerprint density at radius 3 is 2.54 bits per heavy atom. The molecule has 26 heavy (non-hydrogen) atoms. The molecule has 0 fully saturated rings. The summed E-state index contributed by atoms with van der Waals surface area (Å²) in [4.78, 5) is 9.07. The lowest BCUT2D eigenvalue weighted by Crippen LogP contribution is -2.21. The van der Waals surface area contributed by atoms with Crippen LogP contribution < -0.4 is 10.6 Å². The standard InChI is InChI=1S/C20H21ClN4O/c1-13-8-9-16(10-17(13)21)23-19-11-18(15-6-4-3-5-7-15)24-20(25-19)22-14(2)12-26/h3-11,14,26H,12H2,1-2H3,(H2,22,23,24,25)/t14-/m0/s1. The fourth-order valence-corrected chi connectivity index (χ4v) is 2.60. The van der Waals surface area contributed by atoms with E-state index in [1.54, 1.807) is 0 Å². The first-order valence-corrected chi connectivity index (χ1v) is 8.78. The molecule has 3 aromatic rings. The van der Waals surface area contributed by atoms with E-state index in [9.17, 15) is 5.11 Å². The lowest BCUT2D eigenvalue weighted by molar-refractivity contribution is 0.281. The zero-order chi connectivity index (χ0) is 18.5. The van der Waals surface area contributed by atoms with Crippen molar-refractivity contribution in [2.24, 2.45) is 0 Å². The van der Waals surface area contributed by atoms with Crippen molar-refractivity contribution in [3.63, 3.8) is 0 Å². The number of anilines is 3. The van der Waals surface area contributed by atoms with Crippen LogP contribution in [0.1, 0.15) is 12.5 Å². The first kappa shape index (κ1) is 18.2. The Morgan fingerprint density at radius 1 is 1.08 bits per heavy atom. The second kappa shape index (κ2) is 8.17. The normalized spacial score (nSPS) is 11.8. The molecular formula is C20H21ClN4O. The number of aromatic nitrogens is 2. The van der Waals surface area contributed by atoms with Crippen molar-refractivity contribution in [2.75, 3.05) is 17.2 Å². The second-order valence-electron chi connectivity index (χ2n) is 6.14. The van der Waals surface area contributed by atoms with Crippen LogP contribution in [-0.2, 0) is 0 Å². The van der Waals surface area contributed by atoms with Crippen molar-refractivity contribution >= 4 is 29.1 Å². The minimum Gasteiger partial charge on any atom is -0.394 e. The van der Waals surface area contributed by atoms with Crippen LogP contribution in [0.4, 0.5) is 17.5 Å². The molecule has 1 heterocycles. The van der Waals surface area contributed by atoms with Gasteiger partial charge in [0.15, 0.2) is 0 Å². The van der Waals surface area contributed by atoms with E-state index in [0.717, 1.165) is 22.5 Å². The molecule has 0 bridgehead atoms. The van der Waals surface area contributed by atoms with Gasteiger partial charge in [0, 0.05) is 28.4 Å². The molecule has 0 aliphatic carbocycles. The maximum atomic E-state index is 9.30. The van der Waals surface area contributed by atoms with E-state index in [1.165, 1.54) is 0 Å². The number of nitrogens with one attached hydrogen (secondary N) is 2. The summed E-state index contributed by atoms with van der Waals surface area (Å²) in [6.07, 6.45) is 0. The van der Waals surface area contributed by atoms with Gasteiger partial charge in [0.05, 0.1) is 12.3 Å². The first-order valence-electron chi connectivity index (χ1n) is 8.40. The number of rotatable bonds is 6. The Morgan fingerprint density at radius 2 is 1.85 bits per heavy atom. The minimum atomic E-state index is -0.150. The van der Waals surface area contributed by atoms with Crippen molar-refractivity contribution < 1.29 is 5.11 Å². The third-order valence-corrected chi connectivity index (χ3v) is 4.30. The summed E-state index contributed by atoms with van der Waals surface area (Å²) in [5.74, 6) is 1.10. The predicted molar refractivity (Wildman–Crippen MR) is 107 cm³/mol. The molecule has 1 aromatic heterocycles. The molecule has 0 amide bonds. The predicted octanol–water partition coefficient (Wildman–Crippen LogP) is 4.64. The minimum absolute atomic E-state index is 0.00471. The molecule has 3 rings (SSSR count). The highest BCUT2D eigenvalue weighted by Crippen LogP contribution is 2.26. The summed E-state index contributed by atoms with van der Waals surface area (Å²) in [6.45, 7) is 3.82. The Hall–Kier alpha value is -2.63. The van der Waals surface area contributed by atoms with Crippen molar-refractivity contribution in [1.29, 1.82) is 0 Å². The summed E-state index contributed by atoms with van der Waals surface area (Å²) in [6, 6.07) is 17.4. The van der Waals surface area contributed by atoms with E-state index in [-0.39, 0.29) is 12.6 Å². The van der Waals surface area contributed by atoms with Gasteiger partial charge in [0.1, 0.15) is 5.82 Å². The quantitative estimate of drug-likeness (QED) is 0.591. The maximum absolute atomic E-state index is 9.30. The number of nitrogens with zero attached hydrogens (tertiary/aromatic N) is 2. The molecule has 2 aromatic carbocycles. The van der Waals surface area contributed by atoms with Crippen LogP contribution in [0.25, 0.3) is 11.3 Å². The van der Waals surface area contributed by atoms with Crippen LogP contribution in [-0.4, -0.2) is 27.7 Å². The van der Waals surface area contributed by atoms with Crippen LogP contribution in [0.2, 0.25) is 5.02 Å². The van der Waals surface area contributed by atoms with Gasteiger partial charge in [-0.15, -0.1) is 0 Å². The fraction of sp³-hybridized carbons (Fsp3) is 0.200. The number of aryl methyl sites for hydroxylation is 1. The monoisotopic (exact) mass is 368 g/mol. The molecule has 134 valence electrons. The van der Waals surface area contributed by atoms with Gasteiger partial charge < -0.3 is 15.7 Å². The van der Waals surface area contributed by atoms with Crippen molar-refractivity contribution in [2.45, 2.75) is 19.9 Å². The lowest BCUT2D eigenvalue weighted by Gasteiger charge is -2.14. The van der Waals surface area contributed by atoms with Crippen LogP contribution in [0.5, 0.6) is 0 Å². The molecule has 5 nitrogen and oxygen atoms in total. The van der Waals surface area contributed by atoms with Crippen LogP contribution in [0, 0.1) is 6.92 Å². The number of hydrogen-bond acceptors (Lipinski definition) is 5. The molecule has 1 atom stereocenters. The van der Waals surface area contributed by atoms with Gasteiger partial charge in [-0.1, -0.05) is 48.0 Å². The Bertz CT molecular complexity index is 886. The van der Waals surface area contributed by atoms with E-state index in [1.807, 2.05) is 68.4 Å². The van der Waals surface area contributed by atoms with Gasteiger partial charge in [0.25, 0.3) is 0 Å². The summed E-state index contributed by atoms with van der Waals surface area (Å²) >= 11 is 6.21. The number of halogens is 1. The highest BCUT2D eigenvalue weighted by atomic mass is 35.5. The van der Waals surface area contributed by atoms with Gasteiger partial charge in [-0.05, 0) is 31.5 Å². The fourth-order valence-electron chi connectivity index (χ4n) is 2.42. The SMILES string of the molecule is Cc1ccc(Nc2cc(-c3ccccc3)nc(N[C@@H](C)CO)n2)cc1Cl. The van der Waals surface area contributed by atoms with Crippen molar-refractivity contribution in [3.8, 4) is 11.3 Å². The molecule has 0 aliphatic heterocycles. The Labute approximate surface area is 158 Å². The number of benzene rings is 2. The van der Waals surface area contributed by atoms with Crippen molar-refractivity contribution in [3.05, 3.63) is 65.2 Å². The number of aliphatic hydroxyl groups is 1. The average molecular weight is 369 g/mol. The summed E-state index contributed by atoms with van der Waals surface area (Å²) in [7, 11) is 0. The summed E-state index contributed by atoms with van der Waals surface area (Å²) < 4.78 is 0. The second-order valence-corrected chi connectivity index (χ2v) is 6.55. The summed E-state index contributed by atoms with van der Waals surface area (Å²) in [5.41, 5.74) is 3.64. The molecule has 0 saturated heterocycles. The van der Waals surface area contributed by atoms with Crippen LogP contribution >= 0.6 is 11.6 Å². The highest BCUT2D eigenvalue weighted by molar-refractivity contribution is 6.31. The van der Waals surface area contributed by atoms with E-state index in [0.29, 0.717) is 16.8 Å². The highest BCUT2D eigenvalue weighted by Gasteiger charge is 2.10. The Kier molecular flexibility index (Phi) is 5.71. The van der Waals surface area contributed by atoms with Gasteiger partial charge >= 0.3 is 0 Å². The Balaban J connectivity index is 1.97. The third-order valence-electron chi connectivity index (χ3n) is 3.89. The third kappa shape index (κ3) is 4.50. The average Bonchev–Trinajstić information content (AvgIpc) is 2.65. The zero-order valence-corrected chi connectivity index (χ0v) is 15.5. The largest absolute Gasteiger partial charge is 0.394 e. The van der Waals surface area contributed by atoms with Crippen molar-refractivity contribution in [1.82, 2.24) is 9.97 Å². The zero-order valence-electron chi connectivity index (χ0n) is 14.7. The smallest absolute Gasteiger partial charge is 0.225 e. The molecule has 0 radical (unpaired) electrons. The molecule has 3 N–H and O–H groups in total. The number of hydrogen-bond donors (Lipinski definition) is 3. The molecule has 0 unspecified atom stereocenters. The maximum Gasteiger partial charge on any atom is 0.225 e. The topological polar surface area (TPSA) is 70.1 Å². The van der Waals surface area contributed by atoms with Crippen LogP contribution in [0.3, 0.4) is 0 Å². The van der Waals surface area contributed by atoms with Gasteiger partial charge in [-0.3, -0.25) is 0 Å². The molecule has 0 aliphatic rings. The van der Waals surface area contributed by atoms with E-state index < -0.39 is 0 Å². The summed E-state index contributed by atoms with van der Waals surface area (Å²) in [5, 5.41) is 16.4. The molecule has 6 heteroatoms. The van der Waals surface area contributed by atoms with Gasteiger partial charge in [-0.25, -0.2) is 4.98 Å². The number of aliphatic hydroxyl groups excluding tert-OH is 1. The van der Waals surface area contributed by atoms with Gasteiger partial charge in [-0.2, -0.15) is 4.98 Å². The molecule has 0 spiro atoms. The van der Waals surface area contributed by atoms with E-state index >= 15 is 0 Å². The van der Waals surface area contributed by atoms with Crippen LogP contribution in [0.15, 0.2) is 54.6 Å².